The number of hydrogen-bond acceptors (Lipinski definition) is 6. The lowest BCUT2D eigenvalue weighted by molar-refractivity contribution is 0.0315. The molecule has 0 unspecified atom stereocenters. The molecule has 0 N–H and O–H groups in total. The van der Waals surface area contributed by atoms with E-state index in [0.717, 1.165) is 26.8 Å². The van der Waals surface area contributed by atoms with Crippen LogP contribution in [0, 0.1) is 0 Å². The third kappa shape index (κ3) is 3.91. The molecule has 0 saturated carbocycles. The fourth-order valence-electron chi connectivity index (χ4n) is 1.54. The Morgan fingerprint density at radius 2 is 2.12 bits per heavy atom. The van der Waals surface area contributed by atoms with Gasteiger partial charge in [0.2, 0.25) is 0 Å². The Morgan fingerprint density at radius 1 is 1.31 bits per heavy atom. The van der Waals surface area contributed by atoms with Gasteiger partial charge in [0.1, 0.15) is 0 Å². The van der Waals surface area contributed by atoms with Crippen LogP contribution in [0.2, 0.25) is 0 Å². The maximum Gasteiger partial charge on any atom is 0.175 e. The first-order valence-corrected chi connectivity index (χ1v) is 8.38. The van der Waals surface area contributed by atoms with Crippen LogP contribution in [0.4, 0.5) is 0 Å². The minimum Gasteiger partial charge on any atom is -0.377 e. The minimum atomic E-state index is 0.421. The van der Waals surface area contributed by atoms with Crippen molar-refractivity contribution in [2.75, 3.05) is 18.1 Å². The van der Waals surface area contributed by atoms with Crippen molar-refractivity contribution in [3.8, 4) is 0 Å². The molecule has 1 aromatic heterocycles. The fraction of sp³-hybridized carbons (Fsp3) is 0.800. The first kappa shape index (κ1) is 12.7. The highest BCUT2D eigenvalue weighted by molar-refractivity contribution is 8.03. The first-order chi connectivity index (χ1) is 7.88. The van der Waals surface area contributed by atoms with E-state index in [1.165, 1.54) is 19.3 Å². The molecule has 0 radical (unpaired) electrons. The summed E-state index contributed by atoms with van der Waals surface area (Å²) in [6.07, 6.45) is 4.14. The molecule has 0 aliphatic carbocycles. The Hall–Kier alpha value is 0.220. The topological polar surface area (TPSA) is 35.0 Å². The second-order valence-corrected chi connectivity index (χ2v) is 7.32. The molecule has 1 atom stereocenters. The van der Waals surface area contributed by atoms with Gasteiger partial charge in [-0.15, -0.1) is 10.2 Å². The highest BCUT2D eigenvalue weighted by Crippen LogP contribution is 2.30. The molecule has 1 aromatic rings. The Morgan fingerprint density at radius 3 is 2.81 bits per heavy atom. The van der Waals surface area contributed by atoms with Gasteiger partial charge in [0.15, 0.2) is 8.68 Å². The molecule has 0 spiro atoms. The Balaban J connectivity index is 1.75. The van der Waals surface area contributed by atoms with Crippen molar-refractivity contribution in [3.05, 3.63) is 0 Å². The number of aromatic nitrogens is 2. The molecule has 0 amide bonds. The summed E-state index contributed by atoms with van der Waals surface area (Å²) in [5.74, 6) is 2.08. The number of rotatable bonds is 5. The lowest BCUT2D eigenvalue weighted by Crippen LogP contribution is -2.21. The van der Waals surface area contributed by atoms with Gasteiger partial charge in [0, 0.05) is 12.4 Å². The van der Waals surface area contributed by atoms with E-state index in [2.05, 4.69) is 17.1 Å². The zero-order valence-corrected chi connectivity index (χ0v) is 11.8. The van der Waals surface area contributed by atoms with E-state index in [1.807, 2.05) is 0 Å². The summed E-state index contributed by atoms with van der Waals surface area (Å²) in [4.78, 5) is 0. The zero-order valence-electron chi connectivity index (χ0n) is 9.35. The third-order valence-corrected chi connectivity index (χ3v) is 5.53. The van der Waals surface area contributed by atoms with Crippen molar-refractivity contribution in [2.24, 2.45) is 0 Å². The van der Waals surface area contributed by atoms with E-state index in [1.54, 1.807) is 34.9 Å². The molecule has 1 aliphatic heterocycles. The average Bonchev–Trinajstić information content (AvgIpc) is 2.76. The molecule has 3 nitrogen and oxygen atoms in total. The molecular formula is C10H16N2OS3. The van der Waals surface area contributed by atoms with Crippen LogP contribution in [0.25, 0.3) is 0 Å². The summed E-state index contributed by atoms with van der Waals surface area (Å²) in [7, 11) is 0. The number of ether oxygens (including phenoxy) is 1. The van der Waals surface area contributed by atoms with Gasteiger partial charge >= 0.3 is 0 Å². The molecule has 2 rings (SSSR count). The molecule has 16 heavy (non-hydrogen) atoms. The van der Waals surface area contributed by atoms with Gasteiger partial charge in [0.25, 0.3) is 0 Å². The van der Waals surface area contributed by atoms with Crippen molar-refractivity contribution < 1.29 is 4.74 Å². The Kier molecular flexibility index (Phi) is 5.41. The van der Waals surface area contributed by atoms with E-state index in [9.17, 15) is 0 Å². The monoisotopic (exact) mass is 276 g/mol. The van der Waals surface area contributed by atoms with Crippen LogP contribution >= 0.6 is 34.9 Å². The highest BCUT2D eigenvalue weighted by atomic mass is 32.2. The molecule has 2 heterocycles. The molecule has 1 saturated heterocycles. The van der Waals surface area contributed by atoms with Gasteiger partial charge in [-0.2, -0.15) is 0 Å². The van der Waals surface area contributed by atoms with Crippen LogP contribution < -0.4 is 0 Å². The Bertz CT molecular complexity index is 313. The van der Waals surface area contributed by atoms with E-state index in [0.29, 0.717) is 6.10 Å². The third-order valence-electron chi connectivity index (χ3n) is 2.32. The van der Waals surface area contributed by atoms with Crippen LogP contribution in [-0.4, -0.2) is 34.4 Å². The van der Waals surface area contributed by atoms with Gasteiger partial charge in [-0.25, -0.2) is 0 Å². The second kappa shape index (κ2) is 6.83. The smallest absolute Gasteiger partial charge is 0.175 e. The lowest BCUT2D eigenvalue weighted by Gasteiger charge is -2.21. The summed E-state index contributed by atoms with van der Waals surface area (Å²) in [6.45, 7) is 3.06. The highest BCUT2D eigenvalue weighted by Gasteiger charge is 2.15. The minimum absolute atomic E-state index is 0.421. The predicted octanol–water partition coefficient (Wildman–Crippen LogP) is 3.31. The number of nitrogens with zero attached hydrogens (tertiary/aromatic N) is 2. The summed E-state index contributed by atoms with van der Waals surface area (Å²) < 4.78 is 7.84. The van der Waals surface area contributed by atoms with E-state index in [4.69, 9.17) is 4.74 Å². The van der Waals surface area contributed by atoms with Crippen LogP contribution in [0.5, 0.6) is 0 Å². The maximum atomic E-state index is 5.68. The maximum absolute atomic E-state index is 5.68. The summed E-state index contributed by atoms with van der Waals surface area (Å²) in [5, 5.41) is 8.31. The van der Waals surface area contributed by atoms with Gasteiger partial charge in [-0.05, 0) is 25.0 Å². The molecule has 1 fully saturated rings. The Labute approximate surface area is 109 Å². The van der Waals surface area contributed by atoms with Crippen LogP contribution in [0.1, 0.15) is 26.2 Å². The van der Waals surface area contributed by atoms with Crippen molar-refractivity contribution in [2.45, 2.75) is 41.0 Å². The summed E-state index contributed by atoms with van der Waals surface area (Å²) in [5.41, 5.74) is 0. The standard InChI is InChI=1S/C10H16N2OS3/c1-2-14-9-11-12-10(16-9)15-7-8-5-3-4-6-13-8/h8H,2-7H2,1H3/t8-/m0/s1. The normalized spacial score (nSPS) is 21.2. The SMILES string of the molecule is CCSc1nnc(SC[C@@H]2CCCCO2)s1. The van der Waals surface area contributed by atoms with Crippen molar-refractivity contribution in [1.82, 2.24) is 10.2 Å². The van der Waals surface area contributed by atoms with Gasteiger partial charge in [-0.1, -0.05) is 41.8 Å². The molecular weight excluding hydrogens is 260 g/mol. The summed E-state index contributed by atoms with van der Waals surface area (Å²) >= 11 is 5.23. The number of thioether (sulfide) groups is 2. The predicted molar refractivity (Wildman–Crippen MR) is 70.6 cm³/mol. The van der Waals surface area contributed by atoms with Crippen molar-refractivity contribution in [3.63, 3.8) is 0 Å². The second-order valence-electron chi connectivity index (χ2n) is 3.57. The summed E-state index contributed by atoms with van der Waals surface area (Å²) in [6, 6.07) is 0. The van der Waals surface area contributed by atoms with Crippen LogP contribution in [0.3, 0.4) is 0 Å². The van der Waals surface area contributed by atoms with Crippen molar-refractivity contribution in [1.29, 1.82) is 0 Å². The van der Waals surface area contributed by atoms with E-state index >= 15 is 0 Å². The molecule has 0 bridgehead atoms. The molecule has 0 aromatic carbocycles. The van der Waals surface area contributed by atoms with Crippen LogP contribution in [0.15, 0.2) is 8.68 Å². The largest absolute Gasteiger partial charge is 0.377 e. The molecule has 90 valence electrons. The first-order valence-electron chi connectivity index (χ1n) is 5.59. The van der Waals surface area contributed by atoms with Crippen molar-refractivity contribution >= 4 is 34.9 Å². The zero-order chi connectivity index (χ0) is 11.2. The van der Waals surface area contributed by atoms with Gasteiger partial charge < -0.3 is 4.74 Å². The van der Waals surface area contributed by atoms with Gasteiger partial charge in [-0.3, -0.25) is 0 Å². The van der Waals surface area contributed by atoms with E-state index < -0.39 is 0 Å². The van der Waals surface area contributed by atoms with Gasteiger partial charge in [0.05, 0.1) is 6.10 Å². The molecule has 6 heteroatoms. The lowest BCUT2D eigenvalue weighted by atomic mass is 10.1. The number of hydrogen-bond donors (Lipinski definition) is 0. The fourth-order valence-corrected chi connectivity index (χ4v) is 4.55. The molecule has 1 aliphatic rings. The quantitative estimate of drug-likeness (QED) is 0.771. The van der Waals surface area contributed by atoms with Crippen LogP contribution in [-0.2, 0) is 4.74 Å². The van der Waals surface area contributed by atoms with E-state index in [-0.39, 0.29) is 0 Å². The average molecular weight is 276 g/mol.